The van der Waals surface area contributed by atoms with Gasteiger partial charge in [0, 0.05) is 21.7 Å². The van der Waals surface area contributed by atoms with E-state index in [1.165, 1.54) is 22.5 Å². The van der Waals surface area contributed by atoms with Gasteiger partial charge in [0.2, 0.25) is 5.91 Å². The van der Waals surface area contributed by atoms with E-state index in [1.54, 1.807) is 0 Å². The summed E-state index contributed by atoms with van der Waals surface area (Å²) < 4.78 is 0. The zero-order valence-electron chi connectivity index (χ0n) is 16.6. The SMILES string of the molecule is CC(C)c1cccc(C(C)C)c1NC(=O)Cc1csc(-c2ccc(Cl)cc2)n1. The van der Waals surface area contributed by atoms with Crippen LogP contribution in [-0.4, -0.2) is 10.9 Å². The van der Waals surface area contributed by atoms with Crippen molar-refractivity contribution in [1.29, 1.82) is 0 Å². The lowest BCUT2D eigenvalue weighted by molar-refractivity contribution is -0.115. The van der Waals surface area contributed by atoms with E-state index in [-0.39, 0.29) is 12.3 Å². The molecule has 1 N–H and O–H groups in total. The standard InChI is InChI=1S/C23H25ClN2OS/c1-14(2)19-6-5-7-20(15(3)4)22(19)26-21(27)12-18-13-28-23(25-18)16-8-10-17(24)11-9-16/h5-11,13-15H,12H2,1-4H3,(H,26,27). The summed E-state index contributed by atoms with van der Waals surface area (Å²) in [5.74, 6) is 0.637. The highest BCUT2D eigenvalue weighted by Gasteiger charge is 2.17. The quantitative estimate of drug-likeness (QED) is 0.478. The molecule has 0 saturated carbocycles. The predicted octanol–water partition coefficient (Wildman–Crippen LogP) is 6.89. The van der Waals surface area contributed by atoms with Crippen molar-refractivity contribution in [2.24, 2.45) is 0 Å². The highest BCUT2D eigenvalue weighted by atomic mass is 35.5. The topological polar surface area (TPSA) is 42.0 Å². The minimum atomic E-state index is -0.0389. The summed E-state index contributed by atoms with van der Waals surface area (Å²) in [5, 5.41) is 6.69. The number of nitrogens with zero attached hydrogens (tertiary/aromatic N) is 1. The highest BCUT2D eigenvalue weighted by Crippen LogP contribution is 2.32. The molecule has 3 aromatic rings. The van der Waals surface area contributed by atoms with Crippen molar-refractivity contribution in [2.45, 2.75) is 46.0 Å². The molecule has 28 heavy (non-hydrogen) atoms. The van der Waals surface area contributed by atoms with E-state index in [0.29, 0.717) is 16.9 Å². The Morgan fingerprint density at radius 2 is 1.64 bits per heavy atom. The number of nitrogens with one attached hydrogen (secondary N) is 1. The van der Waals surface area contributed by atoms with Crippen molar-refractivity contribution < 1.29 is 4.79 Å². The van der Waals surface area contributed by atoms with Crippen LogP contribution in [-0.2, 0) is 11.2 Å². The van der Waals surface area contributed by atoms with Gasteiger partial charge >= 0.3 is 0 Å². The summed E-state index contributed by atoms with van der Waals surface area (Å²) in [6.45, 7) is 8.59. The van der Waals surface area contributed by atoms with Gasteiger partial charge in [-0.3, -0.25) is 4.79 Å². The zero-order valence-corrected chi connectivity index (χ0v) is 18.2. The maximum atomic E-state index is 12.8. The number of aromatic nitrogens is 1. The predicted molar refractivity (Wildman–Crippen MR) is 120 cm³/mol. The van der Waals surface area contributed by atoms with Gasteiger partial charge in [-0.25, -0.2) is 4.98 Å². The molecular weight excluding hydrogens is 388 g/mol. The summed E-state index contributed by atoms with van der Waals surface area (Å²) in [4.78, 5) is 17.4. The number of rotatable bonds is 6. The molecule has 0 unspecified atom stereocenters. The zero-order chi connectivity index (χ0) is 20.3. The maximum Gasteiger partial charge on any atom is 0.230 e. The van der Waals surface area contributed by atoms with E-state index in [0.717, 1.165) is 22.0 Å². The van der Waals surface area contributed by atoms with Crippen LogP contribution in [0.1, 0.15) is 56.4 Å². The average Bonchev–Trinajstić information content (AvgIpc) is 3.10. The third-order valence-corrected chi connectivity index (χ3v) is 5.81. The summed E-state index contributed by atoms with van der Waals surface area (Å²) >= 11 is 7.49. The molecule has 2 aromatic carbocycles. The first-order chi connectivity index (χ1) is 13.3. The molecule has 1 amide bonds. The molecule has 146 valence electrons. The fraction of sp³-hybridized carbons (Fsp3) is 0.304. The molecule has 0 radical (unpaired) electrons. The molecule has 1 heterocycles. The number of anilines is 1. The second-order valence-corrected chi connectivity index (χ2v) is 8.79. The number of amides is 1. The normalized spacial score (nSPS) is 11.2. The van der Waals surface area contributed by atoms with E-state index < -0.39 is 0 Å². The van der Waals surface area contributed by atoms with Gasteiger partial charge < -0.3 is 5.32 Å². The molecule has 1 aromatic heterocycles. The summed E-state index contributed by atoms with van der Waals surface area (Å²) in [6.07, 6.45) is 0.258. The summed E-state index contributed by atoms with van der Waals surface area (Å²) in [5.41, 5.74) is 5.07. The van der Waals surface area contributed by atoms with Gasteiger partial charge in [-0.05, 0) is 35.1 Å². The Labute approximate surface area is 175 Å². The maximum absolute atomic E-state index is 12.8. The average molecular weight is 413 g/mol. The van der Waals surface area contributed by atoms with Gasteiger partial charge in [-0.1, -0.05) is 69.6 Å². The van der Waals surface area contributed by atoms with E-state index in [9.17, 15) is 4.79 Å². The Morgan fingerprint density at radius 1 is 1.04 bits per heavy atom. The molecule has 3 nitrogen and oxygen atoms in total. The lowest BCUT2D eigenvalue weighted by Crippen LogP contribution is -2.18. The van der Waals surface area contributed by atoms with Gasteiger partial charge in [0.05, 0.1) is 12.1 Å². The van der Waals surface area contributed by atoms with Crippen molar-refractivity contribution in [1.82, 2.24) is 4.98 Å². The van der Waals surface area contributed by atoms with Crippen molar-refractivity contribution in [3.63, 3.8) is 0 Å². The number of halogens is 1. The Kier molecular flexibility index (Phi) is 6.53. The first-order valence-electron chi connectivity index (χ1n) is 9.48. The van der Waals surface area contributed by atoms with Crippen LogP contribution in [0.5, 0.6) is 0 Å². The van der Waals surface area contributed by atoms with E-state index in [4.69, 9.17) is 11.6 Å². The molecule has 0 atom stereocenters. The number of para-hydroxylation sites is 1. The van der Waals surface area contributed by atoms with Gasteiger partial charge in [0.25, 0.3) is 0 Å². The molecule has 0 bridgehead atoms. The van der Waals surface area contributed by atoms with Crippen LogP contribution in [0, 0.1) is 0 Å². The molecule has 0 aliphatic rings. The van der Waals surface area contributed by atoms with Crippen LogP contribution in [0.2, 0.25) is 5.02 Å². The van der Waals surface area contributed by atoms with Crippen LogP contribution in [0.25, 0.3) is 10.6 Å². The minimum absolute atomic E-state index is 0.0389. The number of benzene rings is 2. The summed E-state index contributed by atoms with van der Waals surface area (Å²) in [6, 6.07) is 13.8. The Balaban J connectivity index is 1.77. The number of hydrogen-bond acceptors (Lipinski definition) is 3. The largest absolute Gasteiger partial charge is 0.325 e. The fourth-order valence-corrected chi connectivity index (χ4v) is 4.11. The number of carbonyl (C=O) groups excluding carboxylic acids is 1. The molecular formula is C23H25ClN2OS. The van der Waals surface area contributed by atoms with Gasteiger partial charge in [0.1, 0.15) is 5.01 Å². The molecule has 0 aliphatic carbocycles. The van der Waals surface area contributed by atoms with Crippen LogP contribution >= 0.6 is 22.9 Å². The first kappa shape index (κ1) is 20.6. The number of thiazole rings is 1. The molecule has 3 rings (SSSR count). The lowest BCUT2D eigenvalue weighted by atomic mass is 9.92. The second kappa shape index (κ2) is 8.89. The lowest BCUT2D eigenvalue weighted by Gasteiger charge is -2.20. The third-order valence-electron chi connectivity index (χ3n) is 4.62. The Bertz CT molecular complexity index is 935. The summed E-state index contributed by atoms with van der Waals surface area (Å²) in [7, 11) is 0. The van der Waals surface area contributed by atoms with Crippen molar-refractivity contribution in [3.05, 3.63) is 69.7 Å². The van der Waals surface area contributed by atoms with E-state index >= 15 is 0 Å². The van der Waals surface area contributed by atoms with Gasteiger partial charge in [0.15, 0.2) is 0 Å². The fourth-order valence-electron chi connectivity index (χ4n) is 3.16. The molecule has 0 spiro atoms. The number of hydrogen-bond donors (Lipinski definition) is 1. The minimum Gasteiger partial charge on any atom is -0.325 e. The highest BCUT2D eigenvalue weighted by molar-refractivity contribution is 7.13. The molecule has 0 aliphatic heterocycles. The van der Waals surface area contributed by atoms with Crippen molar-refractivity contribution in [3.8, 4) is 10.6 Å². The smallest absolute Gasteiger partial charge is 0.230 e. The van der Waals surface area contributed by atoms with Crippen LogP contribution < -0.4 is 5.32 Å². The number of carbonyl (C=O) groups is 1. The van der Waals surface area contributed by atoms with Crippen LogP contribution in [0.15, 0.2) is 47.8 Å². The van der Waals surface area contributed by atoms with Crippen molar-refractivity contribution in [2.75, 3.05) is 5.32 Å². The van der Waals surface area contributed by atoms with Crippen LogP contribution in [0.4, 0.5) is 5.69 Å². The van der Waals surface area contributed by atoms with E-state index in [2.05, 4.69) is 56.2 Å². The first-order valence-corrected chi connectivity index (χ1v) is 10.7. The van der Waals surface area contributed by atoms with E-state index in [1.807, 2.05) is 29.6 Å². The third kappa shape index (κ3) is 4.81. The molecule has 0 fully saturated rings. The second-order valence-electron chi connectivity index (χ2n) is 7.50. The van der Waals surface area contributed by atoms with Gasteiger partial charge in [-0.2, -0.15) is 0 Å². The monoisotopic (exact) mass is 412 g/mol. The molecule has 0 saturated heterocycles. The van der Waals surface area contributed by atoms with Gasteiger partial charge in [-0.15, -0.1) is 11.3 Å². The van der Waals surface area contributed by atoms with Crippen LogP contribution in [0.3, 0.4) is 0 Å². The Hall–Kier alpha value is -2.17. The molecule has 5 heteroatoms. The van der Waals surface area contributed by atoms with Crippen molar-refractivity contribution >= 4 is 34.5 Å². The Morgan fingerprint density at radius 3 is 2.21 bits per heavy atom.